The summed E-state index contributed by atoms with van der Waals surface area (Å²) in [6, 6.07) is 20.3. The van der Waals surface area contributed by atoms with Gasteiger partial charge in [-0.2, -0.15) is 0 Å². The van der Waals surface area contributed by atoms with E-state index in [0.717, 1.165) is 15.4 Å². The molecule has 0 aliphatic heterocycles. The highest BCUT2D eigenvalue weighted by atomic mass is 32.2. The van der Waals surface area contributed by atoms with E-state index in [1.54, 1.807) is 18.2 Å². The van der Waals surface area contributed by atoms with Gasteiger partial charge < -0.3 is 5.32 Å². The zero-order chi connectivity index (χ0) is 24.0. The van der Waals surface area contributed by atoms with Crippen LogP contribution >= 0.6 is 0 Å². The van der Waals surface area contributed by atoms with Gasteiger partial charge in [-0.15, -0.1) is 0 Å². The number of nitro groups is 1. The topological polar surface area (TPSA) is 110 Å². The standard InChI is InChI=1S/C24H25N3O5S/c1-3-23(19-11-9-18(2)10-12-19)25-24(28)17-26(20-13-15-21(16-14-20)27(29)30)33(31,32)22-7-5-4-6-8-22/h4-16,23H,3,17H2,1-2H3,(H,25,28)/t23-/m0/s1. The Morgan fingerprint density at radius 2 is 1.61 bits per heavy atom. The minimum absolute atomic E-state index is 0.0155. The summed E-state index contributed by atoms with van der Waals surface area (Å²) in [6.45, 7) is 3.43. The maximum Gasteiger partial charge on any atom is 0.269 e. The number of nitrogens with zero attached hydrogens (tertiary/aromatic N) is 2. The minimum atomic E-state index is -4.09. The molecule has 33 heavy (non-hydrogen) atoms. The van der Waals surface area contributed by atoms with Gasteiger partial charge in [0.1, 0.15) is 6.54 Å². The van der Waals surface area contributed by atoms with Crippen molar-refractivity contribution in [1.29, 1.82) is 0 Å². The van der Waals surface area contributed by atoms with Crippen molar-refractivity contribution in [3.8, 4) is 0 Å². The Balaban J connectivity index is 1.91. The average Bonchev–Trinajstić information content (AvgIpc) is 2.82. The summed E-state index contributed by atoms with van der Waals surface area (Å²) in [5, 5.41) is 13.9. The summed E-state index contributed by atoms with van der Waals surface area (Å²) >= 11 is 0. The van der Waals surface area contributed by atoms with E-state index in [1.165, 1.54) is 36.4 Å². The van der Waals surface area contributed by atoms with E-state index < -0.39 is 27.4 Å². The lowest BCUT2D eigenvalue weighted by atomic mass is 10.0. The highest BCUT2D eigenvalue weighted by molar-refractivity contribution is 7.92. The maximum absolute atomic E-state index is 13.4. The van der Waals surface area contributed by atoms with Gasteiger partial charge in [0, 0.05) is 12.1 Å². The first-order chi connectivity index (χ1) is 15.7. The molecule has 172 valence electrons. The Bertz CT molecular complexity index is 1210. The van der Waals surface area contributed by atoms with Crippen LogP contribution in [0.2, 0.25) is 0 Å². The van der Waals surface area contributed by atoms with Crippen LogP contribution in [0.15, 0.2) is 83.8 Å². The van der Waals surface area contributed by atoms with Crippen LogP contribution in [0, 0.1) is 17.0 Å². The van der Waals surface area contributed by atoms with Gasteiger partial charge in [-0.3, -0.25) is 19.2 Å². The molecule has 3 aromatic rings. The Morgan fingerprint density at radius 3 is 2.15 bits per heavy atom. The number of carbonyl (C=O) groups excluding carboxylic acids is 1. The van der Waals surface area contributed by atoms with Crippen LogP contribution in [-0.2, 0) is 14.8 Å². The van der Waals surface area contributed by atoms with Crippen molar-refractivity contribution in [3.63, 3.8) is 0 Å². The number of non-ortho nitro benzene ring substituents is 1. The predicted octanol–water partition coefficient (Wildman–Crippen LogP) is 4.37. The van der Waals surface area contributed by atoms with E-state index in [-0.39, 0.29) is 22.3 Å². The van der Waals surface area contributed by atoms with Gasteiger partial charge in [0.25, 0.3) is 15.7 Å². The number of nitro benzene ring substituents is 1. The van der Waals surface area contributed by atoms with Crippen molar-refractivity contribution < 1.29 is 18.1 Å². The molecule has 0 heterocycles. The zero-order valence-corrected chi connectivity index (χ0v) is 19.2. The summed E-state index contributed by atoms with van der Waals surface area (Å²) in [5.41, 5.74) is 2.00. The lowest BCUT2D eigenvalue weighted by molar-refractivity contribution is -0.384. The Kier molecular flexibility index (Phi) is 7.44. The van der Waals surface area contributed by atoms with Crippen LogP contribution in [-0.4, -0.2) is 25.8 Å². The Hall–Kier alpha value is -3.72. The van der Waals surface area contributed by atoms with Crippen molar-refractivity contribution in [3.05, 3.63) is 100 Å². The van der Waals surface area contributed by atoms with Crippen LogP contribution in [0.5, 0.6) is 0 Å². The number of sulfonamides is 1. The molecular formula is C24H25N3O5S. The monoisotopic (exact) mass is 467 g/mol. The van der Waals surface area contributed by atoms with Crippen molar-refractivity contribution in [2.45, 2.75) is 31.2 Å². The summed E-state index contributed by atoms with van der Waals surface area (Å²) < 4.78 is 27.7. The Labute approximate surface area is 193 Å². The predicted molar refractivity (Wildman–Crippen MR) is 126 cm³/mol. The second-order valence-corrected chi connectivity index (χ2v) is 9.40. The van der Waals surface area contributed by atoms with E-state index in [4.69, 9.17) is 0 Å². The third-order valence-corrected chi connectivity index (χ3v) is 6.98. The molecule has 0 saturated carbocycles. The van der Waals surface area contributed by atoms with E-state index in [1.807, 2.05) is 38.1 Å². The molecule has 9 heteroatoms. The second kappa shape index (κ2) is 10.3. The fraction of sp³-hybridized carbons (Fsp3) is 0.208. The van der Waals surface area contributed by atoms with E-state index in [0.29, 0.717) is 6.42 Å². The molecule has 0 saturated heterocycles. The molecule has 0 fully saturated rings. The van der Waals surface area contributed by atoms with Crippen LogP contribution in [0.25, 0.3) is 0 Å². The lowest BCUT2D eigenvalue weighted by Crippen LogP contribution is -2.42. The van der Waals surface area contributed by atoms with Crippen LogP contribution < -0.4 is 9.62 Å². The van der Waals surface area contributed by atoms with Gasteiger partial charge in [-0.05, 0) is 43.2 Å². The molecule has 0 radical (unpaired) electrons. The molecule has 3 aromatic carbocycles. The van der Waals surface area contributed by atoms with Crippen molar-refractivity contribution in [1.82, 2.24) is 5.32 Å². The molecule has 1 amide bonds. The number of rotatable bonds is 9. The molecule has 1 atom stereocenters. The number of nitrogens with one attached hydrogen (secondary N) is 1. The van der Waals surface area contributed by atoms with Gasteiger partial charge in [0.05, 0.1) is 21.5 Å². The number of aryl methyl sites for hydroxylation is 1. The summed E-state index contributed by atoms with van der Waals surface area (Å²) in [5.74, 6) is -0.486. The normalized spacial score (nSPS) is 12.1. The van der Waals surface area contributed by atoms with Crippen LogP contribution in [0.1, 0.15) is 30.5 Å². The first-order valence-electron chi connectivity index (χ1n) is 10.4. The molecular weight excluding hydrogens is 442 g/mol. The van der Waals surface area contributed by atoms with Gasteiger partial charge >= 0.3 is 0 Å². The maximum atomic E-state index is 13.4. The van der Waals surface area contributed by atoms with Crippen molar-refractivity contribution in [2.24, 2.45) is 0 Å². The number of hydrogen-bond acceptors (Lipinski definition) is 5. The number of carbonyl (C=O) groups is 1. The molecule has 1 N–H and O–H groups in total. The van der Waals surface area contributed by atoms with E-state index in [9.17, 15) is 23.3 Å². The zero-order valence-electron chi connectivity index (χ0n) is 18.3. The average molecular weight is 468 g/mol. The summed E-state index contributed by atoms with van der Waals surface area (Å²) in [4.78, 5) is 23.4. The van der Waals surface area contributed by atoms with E-state index in [2.05, 4.69) is 5.32 Å². The van der Waals surface area contributed by atoms with Gasteiger partial charge in [-0.25, -0.2) is 8.42 Å². The Morgan fingerprint density at radius 1 is 1.00 bits per heavy atom. The van der Waals surface area contributed by atoms with Crippen molar-refractivity contribution >= 4 is 27.3 Å². The highest BCUT2D eigenvalue weighted by Gasteiger charge is 2.28. The largest absolute Gasteiger partial charge is 0.348 e. The van der Waals surface area contributed by atoms with Gasteiger partial charge in [-0.1, -0.05) is 55.0 Å². The van der Waals surface area contributed by atoms with E-state index >= 15 is 0 Å². The third-order valence-electron chi connectivity index (χ3n) is 5.19. The number of hydrogen-bond donors (Lipinski definition) is 1. The number of amides is 1. The molecule has 0 spiro atoms. The highest BCUT2D eigenvalue weighted by Crippen LogP contribution is 2.26. The SMILES string of the molecule is CC[C@H](NC(=O)CN(c1ccc([N+](=O)[O-])cc1)S(=O)(=O)c1ccccc1)c1ccc(C)cc1. The fourth-order valence-corrected chi connectivity index (χ4v) is 4.81. The minimum Gasteiger partial charge on any atom is -0.348 e. The molecule has 3 rings (SSSR count). The summed E-state index contributed by atoms with van der Waals surface area (Å²) in [6.07, 6.45) is 0.623. The number of anilines is 1. The fourth-order valence-electron chi connectivity index (χ4n) is 3.37. The van der Waals surface area contributed by atoms with Crippen molar-refractivity contribution in [2.75, 3.05) is 10.8 Å². The third kappa shape index (κ3) is 5.75. The lowest BCUT2D eigenvalue weighted by Gasteiger charge is -2.25. The molecule has 0 unspecified atom stereocenters. The van der Waals surface area contributed by atoms with Crippen LogP contribution in [0.3, 0.4) is 0 Å². The molecule has 0 aromatic heterocycles. The summed E-state index contributed by atoms with van der Waals surface area (Å²) in [7, 11) is -4.09. The first-order valence-corrected chi connectivity index (χ1v) is 11.8. The quantitative estimate of drug-likeness (QED) is 0.371. The molecule has 0 aliphatic carbocycles. The molecule has 8 nitrogen and oxygen atoms in total. The van der Waals surface area contributed by atoms with Gasteiger partial charge in [0.2, 0.25) is 5.91 Å². The first kappa shape index (κ1) is 23.9. The smallest absolute Gasteiger partial charge is 0.269 e. The van der Waals surface area contributed by atoms with Crippen LogP contribution in [0.4, 0.5) is 11.4 Å². The van der Waals surface area contributed by atoms with Gasteiger partial charge in [0.15, 0.2) is 0 Å². The second-order valence-electron chi connectivity index (χ2n) is 7.54. The molecule has 0 bridgehead atoms. The number of benzene rings is 3. The molecule has 0 aliphatic rings.